The van der Waals surface area contributed by atoms with Gasteiger partial charge in [-0.25, -0.2) is 4.39 Å². The maximum atomic E-state index is 13.7. The van der Waals surface area contributed by atoms with Crippen molar-refractivity contribution in [3.05, 3.63) is 29.6 Å². The summed E-state index contributed by atoms with van der Waals surface area (Å²) in [7, 11) is 0. The summed E-state index contributed by atoms with van der Waals surface area (Å²) in [6.45, 7) is 1.95. The number of hydrogen-bond acceptors (Lipinski definition) is 2. The minimum atomic E-state index is -4.50. The van der Waals surface area contributed by atoms with Gasteiger partial charge in [0.15, 0.2) is 0 Å². The highest BCUT2D eigenvalue weighted by molar-refractivity contribution is 5.81. The Balaban J connectivity index is 2.36. The summed E-state index contributed by atoms with van der Waals surface area (Å²) < 4.78 is 51.6. The van der Waals surface area contributed by atoms with Gasteiger partial charge in [0.05, 0.1) is 11.3 Å². The van der Waals surface area contributed by atoms with E-state index < -0.39 is 17.6 Å². The number of nitrogens with zero attached hydrogens (tertiary/aromatic N) is 1. The van der Waals surface area contributed by atoms with Crippen LogP contribution in [0.25, 0.3) is 0 Å². The van der Waals surface area contributed by atoms with Crippen LogP contribution in [-0.4, -0.2) is 18.4 Å². The molecule has 1 saturated heterocycles. The molecule has 0 saturated carbocycles. The fourth-order valence-electron chi connectivity index (χ4n) is 2.27. The Morgan fingerprint density at radius 3 is 2.58 bits per heavy atom. The normalized spacial score (nSPS) is 20.8. The summed E-state index contributed by atoms with van der Waals surface area (Å²) in [6.07, 6.45) is -4.03. The van der Waals surface area contributed by atoms with Crippen molar-refractivity contribution in [1.82, 2.24) is 0 Å². The number of carbonyl (C=O) groups excluding carboxylic acids is 1. The van der Waals surface area contributed by atoms with E-state index in [0.29, 0.717) is 0 Å². The van der Waals surface area contributed by atoms with E-state index in [1.807, 2.05) is 0 Å². The second-order valence-corrected chi connectivity index (χ2v) is 4.70. The zero-order chi connectivity index (χ0) is 14.2. The number of halogens is 4. The number of alkyl halides is 3. The third kappa shape index (κ3) is 2.88. The number of rotatable bonds is 1. The number of anilines is 1. The predicted octanol–water partition coefficient (Wildman–Crippen LogP) is 3.40. The molecule has 0 aromatic heterocycles. The van der Waals surface area contributed by atoms with Crippen molar-refractivity contribution >= 4 is 11.5 Å². The first-order chi connectivity index (χ1) is 8.79. The maximum Gasteiger partial charge on any atom is 0.416 e. The maximum absolute atomic E-state index is 13.7. The molecule has 1 atom stereocenters. The van der Waals surface area contributed by atoms with Crippen LogP contribution >= 0.6 is 0 Å². The van der Waals surface area contributed by atoms with Gasteiger partial charge < -0.3 is 4.90 Å². The molecule has 19 heavy (non-hydrogen) atoms. The molecule has 1 aliphatic heterocycles. The third-order valence-electron chi connectivity index (χ3n) is 3.27. The van der Waals surface area contributed by atoms with Gasteiger partial charge >= 0.3 is 6.18 Å². The lowest BCUT2D eigenvalue weighted by Crippen LogP contribution is -2.41. The van der Waals surface area contributed by atoms with Crippen LogP contribution in [0.15, 0.2) is 18.2 Å². The quantitative estimate of drug-likeness (QED) is 0.732. The molecule has 1 aromatic carbocycles. The van der Waals surface area contributed by atoms with Gasteiger partial charge in [0.1, 0.15) is 11.6 Å². The van der Waals surface area contributed by atoms with Crippen LogP contribution in [0.1, 0.15) is 25.3 Å². The first-order valence-electron chi connectivity index (χ1n) is 5.94. The molecule has 1 aliphatic rings. The molecule has 1 aromatic rings. The highest BCUT2D eigenvalue weighted by Gasteiger charge is 2.33. The van der Waals surface area contributed by atoms with Crippen molar-refractivity contribution in [1.29, 1.82) is 0 Å². The fraction of sp³-hybridized carbons (Fsp3) is 0.462. The van der Waals surface area contributed by atoms with Crippen molar-refractivity contribution in [3.8, 4) is 0 Å². The van der Waals surface area contributed by atoms with E-state index in [1.165, 1.54) is 4.90 Å². The van der Waals surface area contributed by atoms with E-state index in [-0.39, 0.29) is 36.9 Å². The molecule has 0 N–H and O–H groups in total. The number of hydrogen-bond donors (Lipinski definition) is 0. The lowest BCUT2D eigenvalue weighted by atomic mass is 10.0. The fourth-order valence-corrected chi connectivity index (χ4v) is 2.27. The van der Waals surface area contributed by atoms with Gasteiger partial charge in [-0.15, -0.1) is 0 Å². The van der Waals surface area contributed by atoms with Crippen LogP contribution < -0.4 is 4.90 Å². The Kier molecular flexibility index (Phi) is 3.52. The van der Waals surface area contributed by atoms with Gasteiger partial charge in [-0.1, -0.05) is 0 Å². The zero-order valence-corrected chi connectivity index (χ0v) is 10.3. The van der Waals surface area contributed by atoms with Crippen LogP contribution in [-0.2, 0) is 11.0 Å². The largest absolute Gasteiger partial charge is 0.416 e. The molecule has 0 bridgehead atoms. The minimum absolute atomic E-state index is 0.0520. The van der Waals surface area contributed by atoms with Crippen LogP contribution in [0.2, 0.25) is 0 Å². The summed E-state index contributed by atoms with van der Waals surface area (Å²) in [4.78, 5) is 12.8. The SMILES string of the molecule is CC1CC(=O)CCN1c1cc(C(F)(F)F)ccc1F. The Bertz CT molecular complexity index is 498. The third-order valence-corrected chi connectivity index (χ3v) is 3.27. The van der Waals surface area contributed by atoms with Crippen molar-refractivity contribution in [2.45, 2.75) is 32.0 Å². The Hall–Kier alpha value is -1.59. The number of ketones is 1. The molecule has 6 heteroatoms. The molecule has 2 nitrogen and oxygen atoms in total. The molecule has 0 spiro atoms. The second kappa shape index (κ2) is 4.83. The average molecular weight is 275 g/mol. The molecule has 0 radical (unpaired) electrons. The predicted molar refractivity (Wildman–Crippen MR) is 62.5 cm³/mol. The highest BCUT2D eigenvalue weighted by atomic mass is 19.4. The molecular formula is C13H13F4NO. The molecule has 2 rings (SSSR count). The summed E-state index contributed by atoms with van der Waals surface area (Å²) in [5, 5.41) is 0. The van der Waals surface area contributed by atoms with E-state index in [2.05, 4.69) is 0 Å². The van der Waals surface area contributed by atoms with E-state index in [1.54, 1.807) is 6.92 Å². The summed E-state index contributed by atoms with van der Waals surface area (Å²) >= 11 is 0. The van der Waals surface area contributed by atoms with Gasteiger partial charge in [-0.3, -0.25) is 4.79 Å². The lowest BCUT2D eigenvalue weighted by Gasteiger charge is -2.35. The first-order valence-corrected chi connectivity index (χ1v) is 5.94. The molecule has 104 valence electrons. The van der Waals surface area contributed by atoms with E-state index in [4.69, 9.17) is 0 Å². The van der Waals surface area contributed by atoms with Crippen molar-refractivity contribution in [3.63, 3.8) is 0 Å². The molecule has 1 heterocycles. The van der Waals surface area contributed by atoms with Gasteiger partial charge in [-0.2, -0.15) is 13.2 Å². The summed E-state index contributed by atoms with van der Waals surface area (Å²) in [5.74, 6) is -0.648. The Labute approximate surface area is 108 Å². The van der Waals surface area contributed by atoms with Crippen LogP contribution in [0.5, 0.6) is 0 Å². The van der Waals surface area contributed by atoms with Crippen molar-refractivity contribution in [2.75, 3.05) is 11.4 Å². The number of piperidine rings is 1. The molecule has 1 fully saturated rings. The van der Waals surface area contributed by atoms with E-state index in [0.717, 1.165) is 18.2 Å². The topological polar surface area (TPSA) is 20.3 Å². The van der Waals surface area contributed by atoms with Gasteiger partial charge in [-0.05, 0) is 25.1 Å². The smallest absolute Gasteiger partial charge is 0.366 e. The van der Waals surface area contributed by atoms with E-state index in [9.17, 15) is 22.4 Å². The summed E-state index contributed by atoms with van der Waals surface area (Å²) in [5.41, 5.74) is -0.970. The van der Waals surface area contributed by atoms with Gasteiger partial charge in [0, 0.05) is 25.4 Å². The molecule has 1 unspecified atom stereocenters. The van der Waals surface area contributed by atoms with Crippen LogP contribution in [0.4, 0.5) is 23.2 Å². The van der Waals surface area contributed by atoms with Crippen molar-refractivity contribution in [2.24, 2.45) is 0 Å². The number of carbonyl (C=O) groups is 1. The standard InChI is InChI=1S/C13H13F4NO/c1-8-6-10(19)4-5-18(8)12-7-9(13(15,16)17)2-3-11(12)14/h2-3,7-8H,4-6H2,1H3. The first kappa shape index (κ1) is 13.8. The molecule has 0 aliphatic carbocycles. The van der Waals surface area contributed by atoms with Crippen molar-refractivity contribution < 1.29 is 22.4 Å². The van der Waals surface area contributed by atoms with E-state index >= 15 is 0 Å². The van der Waals surface area contributed by atoms with Crippen LogP contribution in [0.3, 0.4) is 0 Å². The van der Waals surface area contributed by atoms with Crippen LogP contribution in [0, 0.1) is 5.82 Å². The van der Waals surface area contributed by atoms with Gasteiger partial charge in [0.25, 0.3) is 0 Å². The summed E-state index contributed by atoms with van der Waals surface area (Å²) in [6, 6.07) is 2.06. The molecular weight excluding hydrogens is 262 g/mol. The highest BCUT2D eigenvalue weighted by Crippen LogP contribution is 2.34. The van der Waals surface area contributed by atoms with Gasteiger partial charge in [0.2, 0.25) is 0 Å². The average Bonchev–Trinajstić information content (AvgIpc) is 2.29. The zero-order valence-electron chi connectivity index (χ0n) is 10.3. The minimum Gasteiger partial charge on any atom is -0.366 e. The number of benzene rings is 1. The second-order valence-electron chi connectivity index (χ2n) is 4.70. The monoisotopic (exact) mass is 275 g/mol. The Morgan fingerprint density at radius 2 is 2.00 bits per heavy atom. The molecule has 0 amide bonds. The lowest BCUT2D eigenvalue weighted by molar-refractivity contribution is -0.137. The number of Topliss-reactive ketones (excluding diaryl/α,β-unsaturated/α-hetero) is 1. The Morgan fingerprint density at radius 1 is 1.32 bits per heavy atom.